The summed E-state index contributed by atoms with van der Waals surface area (Å²) in [7, 11) is 0. The lowest BCUT2D eigenvalue weighted by Gasteiger charge is -2.28. The number of aliphatic imine (C=N–C) groups is 1. The van der Waals surface area contributed by atoms with Crippen molar-refractivity contribution in [1.82, 2.24) is 4.90 Å². The second-order valence-electron chi connectivity index (χ2n) is 7.26. The summed E-state index contributed by atoms with van der Waals surface area (Å²) in [6.45, 7) is 4.16. The van der Waals surface area contributed by atoms with Gasteiger partial charge < -0.3 is 4.74 Å². The summed E-state index contributed by atoms with van der Waals surface area (Å²) >= 11 is 1.51. The molecule has 1 aromatic carbocycles. The van der Waals surface area contributed by atoms with Crippen molar-refractivity contribution in [3.8, 4) is 6.07 Å². The molecule has 28 heavy (non-hydrogen) atoms. The van der Waals surface area contributed by atoms with Gasteiger partial charge in [0, 0.05) is 16.5 Å². The van der Waals surface area contributed by atoms with Gasteiger partial charge >= 0.3 is 5.97 Å². The molecule has 0 radical (unpaired) electrons. The zero-order valence-electron chi connectivity index (χ0n) is 15.8. The topological polar surface area (TPSA) is 82.8 Å². The summed E-state index contributed by atoms with van der Waals surface area (Å²) in [5.74, 6) is -0.251. The number of hydrogen-bond acceptors (Lipinski definition) is 6. The molecule has 7 heteroatoms. The molecule has 1 aliphatic carbocycles. The van der Waals surface area contributed by atoms with Crippen molar-refractivity contribution >= 4 is 28.8 Å². The molecule has 1 aromatic rings. The lowest BCUT2D eigenvalue weighted by molar-refractivity contribution is -0.145. The molecule has 0 spiro atoms. The maximum absolute atomic E-state index is 12.9. The number of esters is 1. The summed E-state index contributed by atoms with van der Waals surface area (Å²) in [5.41, 5.74) is 2.55. The van der Waals surface area contributed by atoms with E-state index in [1.807, 2.05) is 25.1 Å². The predicted octanol–water partition coefficient (Wildman–Crippen LogP) is 3.24. The van der Waals surface area contributed by atoms with Gasteiger partial charge in [-0.05, 0) is 44.4 Å². The molecule has 3 aliphatic rings. The van der Waals surface area contributed by atoms with Gasteiger partial charge in [-0.1, -0.05) is 23.9 Å². The third-order valence-electron chi connectivity index (χ3n) is 5.25. The Balaban J connectivity index is 1.50. The highest BCUT2D eigenvalue weighted by Crippen LogP contribution is 2.52. The number of carbonyl (C=O) groups is 2. The number of nitriles is 1. The molecule has 4 rings (SSSR count). The number of nitrogens with zero attached hydrogens (tertiary/aromatic N) is 3. The Morgan fingerprint density at radius 1 is 1.46 bits per heavy atom. The Hall–Kier alpha value is -2.59. The van der Waals surface area contributed by atoms with Crippen LogP contribution >= 0.6 is 11.8 Å². The second kappa shape index (κ2) is 7.44. The first-order valence-electron chi connectivity index (χ1n) is 9.46. The maximum atomic E-state index is 12.9. The molecule has 3 unspecified atom stereocenters. The average Bonchev–Trinajstić information content (AvgIpc) is 3.38. The minimum Gasteiger partial charge on any atom is -0.466 e. The van der Waals surface area contributed by atoms with Crippen LogP contribution in [0.4, 0.5) is 0 Å². The van der Waals surface area contributed by atoms with Crippen molar-refractivity contribution in [1.29, 1.82) is 5.26 Å². The summed E-state index contributed by atoms with van der Waals surface area (Å²) < 4.78 is 5.13. The Labute approximate surface area is 168 Å². The quantitative estimate of drug-likeness (QED) is 0.715. The van der Waals surface area contributed by atoms with Gasteiger partial charge in [-0.3, -0.25) is 19.5 Å². The highest BCUT2D eigenvalue weighted by atomic mass is 32.2. The predicted molar refractivity (Wildman–Crippen MR) is 106 cm³/mol. The number of thioether (sulfide) groups is 1. The van der Waals surface area contributed by atoms with Crippen LogP contribution in [0.25, 0.3) is 0 Å². The number of allylic oxidation sites excluding steroid dienone is 2. The monoisotopic (exact) mass is 395 g/mol. The van der Waals surface area contributed by atoms with Gasteiger partial charge in [-0.15, -0.1) is 0 Å². The van der Waals surface area contributed by atoms with Crippen LogP contribution in [0.1, 0.15) is 37.8 Å². The summed E-state index contributed by atoms with van der Waals surface area (Å²) in [5, 5.41) is 9.77. The van der Waals surface area contributed by atoms with Crippen molar-refractivity contribution < 1.29 is 14.3 Å². The van der Waals surface area contributed by atoms with Crippen LogP contribution in [0.2, 0.25) is 0 Å². The Morgan fingerprint density at radius 2 is 2.29 bits per heavy atom. The van der Waals surface area contributed by atoms with Crippen molar-refractivity contribution in [2.45, 2.75) is 39.2 Å². The fraction of sp³-hybridized carbons (Fsp3) is 0.429. The van der Waals surface area contributed by atoms with Crippen molar-refractivity contribution in [2.75, 3.05) is 6.61 Å². The number of carbonyl (C=O) groups excluding carboxylic acids is 2. The van der Waals surface area contributed by atoms with E-state index in [1.165, 1.54) is 11.8 Å². The zero-order chi connectivity index (χ0) is 19.8. The number of ether oxygens (including phenoxy) is 1. The standard InChI is InChI=1S/C21H21N3O3S/c1-3-27-20(26)17-10-16(17)19-12(2)28-21-23-15(9-18(25)24(19)21)8-13-5-4-6-14(7-13)11-22/h4-7,15-17H,3,8-10H2,1-2H3. The number of amides is 1. The van der Waals surface area contributed by atoms with Crippen LogP contribution < -0.4 is 0 Å². The zero-order valence-corrected chi connectivity index (χ0v) is 16.7. The Kier molecular flexibility index (Phi) is 4.98. The summed E-state index contributed by atoms with van der Waals surface area (Å²) in [4.78, 5) is 32.5. The number of hydrogen-bond donors (Lipinski definition) is 0. The fourth-order valence-electron chi connectivity index (χ4n) is 3.91. The van der Waals surface area contributed by atoms with Crippen LogP contribution in [0.3, 0.4) is 0 Å². The maximum Gasteiger partial charge on any atom is 0.309 e. The molecular weight excluding hydrogens is 374 g/mol. The first kappa shape index (κ1) is 18.8. The molecular formula is C21H21N3O3S. The molecule has 0 aromatic heterocycles. The first-order chi connectivity index (χ1) is 13.5. The highest BCUT2D eigenvalue weighted by Gasteiger charge is 2.52. The van der Waals surface area contributed by atoms with E-state index < -0.39 is 0 Å². The smallest absolute Gasteiger partial charge is 0.309 e. The van der Waals surface area contributed by atoms with E-state index in [2.05, 4.69) is 6.07 Å². The fourth-order valence-corrected chi connectivity index (χ4v) is 5.02. The van der Waals surface area contributed by atoms with E-state index in [1.54, 1.807) is 17.9 Å². The molecule has 0 saturated heterocycles. The van der Waals surface area contributed by atoms with E-state index in [0.717, 1.165) is 22.6 Å². The van der Waals surface area contributed by atoms with Crippen LogP contribution in [0.5, 0.6) is 0 Å². The highest BCUT2D eigenvalue weighted by molar-refractivity contribution is 8.17. The SMILES string of the molecule is CCOC(=O)C1CC1C1=C(C)SC2=NC(Cc3cccc(C#N)c3)CC(=O)N21. The normalized spacial score (nSPS) is 25.9. The van der Waals surface area contributed by atoms with Gasteiger partial charge in [0.15, 0.2) is 5.17 Å². The summed E-state index contributed by atoms with van der Waals surface area (Å²) in [6.07, 6.45) is 1.68. The second-order valence-corrected chi connectivity index (χ2v) is 8.44. The van der Waals surface area contributed by atoms with E-state index in [-0.39, 0.29) is 29.8 Å². The van der Waals surface area contributed by atoms with E-state index in [9.17, 15) is 9.59 Å². The first-order valence-corrected chi connectivity index (χ1v) is 10.3. The number of rotatable bonds is 5. The average molecular weight is 395 g/mol. The van der Waals surface area contributed by atoms with Crippen LogP contribution in [-0.4, -0.2) is 34.6 Å². The van der Waals surface area contributed by atoms with E-state index >= 15 is 0 Å². The van der Waals surface area contributed by atoms with Gasteiger partial charge in [-0.2, -0.15) is 5.26 Å². The molecule has 1 amide bonds. The van der Waals surface area contributed by atoms with Crippen LogP contribution in [0, 0.1) is 23.2 Å². The minimum absolute atomic E-state index is 0.0281. The molecule has 144 valence electrons. The van der Waals surface area contributed by atoms with Crippen LogP contribution in [-0.2, 0) is 20.7 Å². The van der Waals surface area contributed by atoms with Gasteiger partial charge in [0.1, 0.15) is 0 Å². The van der Waals surface area contributed by atoms with Crippen molar-refractivity contribution in [2.24, 2.45) is 16.8 Å². The van der Waals surface area contributed by atoms with Crippen molar-refractivity contribution in [3.05, 3.63) is 46.0 Å². The molecule has 2 aliphatic heterocycles. The molecule has 0 bridgehead atoms. The minimum atomic E-state index is -0.178. The van der Waals surface area contributed by atoms with Crippen LogP contribution in [0.15, 0.2) is 39.9 Å². The molecule has 1 saturated carbocycles. The van der Waals surface area contributed by atoms with E-state index in [0.29, 0.717) is 30.2 Å². The number of amidine groups is 1. The molecule has 0 N–H and O–H groups in total. The molecule has 6 nitrogen and oxygen atoms in total. The lowest BCUT2D eigenvalue weighted by Crippen LogP contribution is -2.39. The van der Waals surface area contributed by atoms with Gasteiger partial charge in [0.2, 0.25) is 5.91 Å². The van der Waals surface area contributed by atoms with E-state index in [4.69, 9.17) is 15.0 Å². The molecule has 3 atom stereocenters. The molecule has 1 fully saturated rings. The third kappa shape index (κ3) is 3.45. The largest absolute Gasteiger partial charge is 0.466 e. The molecule has 2 heterocycles. The Bertz CT molecular complexity index is 946. The van der Waals surface area contributed by atoms with Gasteiger partial charge in [0.25, 0.3) is 0 Å². The Morgan fingerprint density at radius 3 is 3.04 bits per heavy atom. The number of fused-ring (bicyclic) bond motifs is 1. The van der Waals surface area contributed by atoms with Crippen molar-refractivity contribution in [3.63, 3.8) is 0 Å². The lowest BCUT2D eigenvalue weighted by atomic mass is 10.0. The van der Waals surface area contributed by atoms with Gasteiger partial charge in [-0.25, -0.2) is 0 Å². The number of benzene rings is 1. The van der Waals surface area contributed by atoms with Gasteiger partial charge in [0.05, 0.1) is 36.6 Å². The summed E-state index contributed by atoms with van der Waals surface area (Å²) in [6, 6.07) is 9.45. The third-order valence-corrected chi connectivity index (χ3v) is 6.23.